The number of nitrogens with one attached hydrogen (secondary N) is 1. The number of aliphatic hydroxyl groups excluding tert-OH is 1. The minimum absolute atomic E-state index is 0.203. The van der Waals surface area contributed by atoms with Crippen molar-refractivity contribution in [2.24, 2.45) is 0 Å². The molecule has 1 amide bonds. The molecule has 0 bridgehead atoms. The number of β-amino-alcohol motifs (C(OH)–C–C–N with tert-alkyl or cyclic N) is 1. The van der Waals surface area contributed by atoms with Gasteiger partial charge >= 0.3 is 0 Å². The van der Waals surface area contributed by atoms with E-state index in [1.54, 1.807) is 19.1 Å². The summed E-state index contributed by atoms with van der Waals surface area (Å²) in [4.78, 5) is 14.2. The first-order valence-electron chi connectivity index (χ1n) is 7.75. The van der Waals surface area contributed by atoms with Crippen molar-refractivity contribution in [3.8, 4) is 0 Å². The molecule has 1 fully saturated rings. The van der Waals surface area contributed by atoms with Crippen LogP contribution in [-0.4, -0.2) is 61.4 Å². The molecule has 0 radical (unpaired) electrons. The van der Waals surface area contributed by atoms with E-state index >= 15 is 0 Å². The Kier molecular flexibility index (Phi) is 7.05. The molecule has 1 aliphatic rings. The first-order chi connectivity index (χ1) is 11.1. The molecule has 0 saturated carbocycles. The second-order valence-electron chi connectivity index (χ2n) is 5.63. The van der Waals surface area contributed by atoms with Crippen LogP contribution in [0.4, 0.5) is 0 Å². The van der Waals surface area contributed by atoms with E-state index in [0.29, 0.717) is 30.4 Å². The van der Waals surface area contributed by atoms with E-state index in [9.17, 15) is 9.90 Å². The number of halogens is 1. The summed E-state index contributed by atoms with van der Waals surface area (Å²) in [5, 5.41) is 13.4. The molecular formula is C17H23ClN2O3. The third-order valence-corrected chi connectivity index (χ3v) is 4.05. The molecule has 1 saturated heterocycles. The average molecular weight is 339 g/mol. The third kappa shape index (κ3) is 5.95. The Morgan fingerprint density at radius 3 is 2.83 bits per heavy atom. The van der Waals surface area contributed by atoms with Gasteiger partial charge in [0, 0.05) is 36.8 Å². The second-order valence-corrected chi connectivity index (χ2v) is 6.03. The molecule has 23 heavy (non-hydrogen) atoms. The van der Waals surface area contributed by atoms with Crippen molar-refractivity contribution in [3.63, 3.8) is 0 Å². The monoisotopic (exact) mass is 338 g/mol. The predicted octanol–water partition coefficient (Wildman–Crippen LogP) is 1.55. The van der Waals surface area contributed by atoms with E-state index in [2.05, 4.69) is 10.2 Å². The van der Waals surface area contributed by atoms with Gasteiger partial charge in [0.1, 0.15) is 0 Å². The highest BCUT2D eigenvalue weighted by atomic mass is 35.5. The van der Waals surface area contributed by atoms with E-state index in [1.807, 2.05) is 18.2 Å². The summed E-state index contributed by atoms with van der Waals surface area (Å²) in [5.74, 6) is -0.203. The van der Waals surface area contributed by atoms with Gasteiger partial charge in [-0.05, 0) is 24.6 Å². The second kappa shape index (κ2) is 9.03. The van der Waals surface area contributed by atoms with E-state index in [4.69, 9.17) is 16.3 Å². The van der Waals surface area contributed by atoms with Crippen molar-refractivity contribution in [2.45, 2.75) is 13.0 Å². The van der Waals surface area contributed by atoms with Crippen LogP contribution in [0.1, 0.15) is 12.5 Å². The van der Waals surface area contributed by atoms with Crippen LogP contribution in [0.5, 0.6) is 0 Å². The highest BCUT2D eigenvalue weighted by Gasteiger charge is 2.15. The molecule has 5 nitrogen and oxygen atoms in total. The molecule has 0 spiro atoms. The lowest BCUT2D eigenvalue weighted by Crippen LogP contribution is -2.44. The molecule has 1 heterocycles. The number of nitrogens with zero attached hydrogens (tertiary/aromatic N) is 1. The summed E-state index contributed by atoms with van der Waals surface area (Å²) >= 11 is 6.08. The number of aliphatic hydroxyl groups is 1. The Bertz CT molecular complexity index is 557. The molecule has 1 atom stereocenters. The number of rotatable bonds is 6. The zero-order valence-corrected chi connectivity index (χ0v) is 14.1. The number of benzene rings is 1. The Morgan fingerprint density at radius 2 is 2.13 bits per heavy atom. The smallest absolute Gasteiger partial charge is 0.247 e. The number of carbonyl (C=O) groups is 1. The van der Waals surface area contributed by atoms with Gasteiger partial charge < -0.3 is 15.2 Å². The van der Waals surface area contributed by atoms with Crippen LogP contribution in [0.25, 0.3) is 6.08 Å². The van der Waals surface area contributed by atoms with Gasteiger partial charge in [0.25, 0.3) is 0 Å². The molecule has 0 aromatic heterocycles. The first kappa shape index (κ1) is 17.9. The quantitative estimate of drug-likeness (QED) is 0.773. The van der Waals surface area contributed by atoms with Crippen LogP contribution in [-0.2, 0) is 9.53 Å². The molecule has 0 aliphatic carbocycles. The number of hydrogen-bond donors (Lipinski definition) is 2. The number of ether oxygens (including phenoxy) is 1. The topological polar surface area (TPSA) is 61.8 Å². The normalized spacial score (nSPS) is 17.8. The van der Waals surface area contributed by atoms with Crippen LogP contribution < -0.4 is 5.32 Å². The fourth-order valence-electron chi connectivity index (χ4n) is 2.39. The average Bonchev–Trinajstić information content (AvgIpc) is 2.55. The fraction of sp³-hybridized carbons (Fsp3) is 0.471. The van der Waals surface area contributed by atoms with Crippen molar-refractivity contribution >= 4 is 23.6 Å². The number of hydrogen-bond acceptors (Lipinski definition) is 4. The van der Waals surface area contributed by atoms with Gasteiger partial charge in [0.15, 0.2) is 0 Å². The first-order valence-corrected chi connectivity index (χ1v) is 8.13. The van der Waals surface area contributed by atoms with Crippen LogP contribution in [0.2, 0.25) is 5.02 Å². The Balaban J connectivity index is 1.80. The Morgan fingerprint density at radius 1 is 1.43 bits per heavy atom. The lowest BCUT2D eigenvalue weighted by atomic mass is 10.1. The molecule has 2 N–H and O–H groups in total. The minimum atomic E-state index is -0.592. The van der Waals surface area contributed by atoms with E-state index < -0.39 is 6.10 Å². The summed E-state index contributed by atoms with van der Waals surface area (Å²) in [6.07, 6.45) is 1.15. The fourth-order valence-corrected chi connectivity index (χ4v) is 2.58. The summed E-state index contributed by atoms with van der Waals surface area (Å²) in [7, 11) is 0. The zero-order chi connectivity index (χ0) is 16.7. The molecule has 6 heteroatoms. The van der Waals surface area contributed by atoms with Crippen molar-refractivity contribution in [1.29, 1.82) is 0 Å². The lowest BCUT2D eigenvalue weighted by Gasteiger charge is -2.28. The van der Waals surface area contributed by atoms with Gasteiger partial charge in [-0.25, -0.2) is 0 Å². The van der Waals surface area contributed by atoms with Crippen LogP contribution in [0, 0.1) is 0 Å². The highest BCUT2D eigenvalue weighted by molar-refractivity contribution is 6.32. The molecule has 1 unspecified atom stereocenters. The van der Waals surface area contributed by atoms with Crippen molar-refractivity contribution in [2.75, 3.05) is 39.4 Å². The predicted molar refractivity (Wildman–Crippen MR) is 91.4 cm³/mol. The number of morpholine rings is 1. The van der Waals surface area contributed by atoms with E-state index in [-0.39, 0.29) is 12.5 Å². The van der Waals surface area contributed by atoms with Crippen molar-refractivity contribution in [3.05, 3.63) is 40.4 Å². The van der Waals surface area contributed by atoms with Gasteiger partial charge in [0.2, 0.25) is 5.91 Å². The molecule has 2 rings (SSSR count). The lowest BCUT2D eigenvalue weighted by molar-refractivity contribution is -0.117. The van der Waals surface area contributed by atoms with Crippen molar-refractivity contribution < 1.29 is 14.6 Å². The van der Waals surface area contributed by atoms with Crippen LogP contribution >= 0.6 is 11.6 Å². The SMILES string of the molecule is C/C(=C/c1ccccc1Cl)C(=O)NCC(O)CN1CCOCC1. The highest BCUT2D eigenvalue weighted by Crippen LogP contribution is 2.18. The molecule has 1 aromatic rings. The van der Waals surface area contributed by atoms with Crippen LogP contribution in [0.3, 0.4) is 0 Å². The van der Waals surface area contributed by atoms with Crippen molar-refractivity contribution in [1.82, 2.24) is 10.2 Å². The molecule has 1 aromatic carbocycles. The maximum absolute atomic E-state index is 12.1. The zero-order valence-electron chi connectivity index (χ0n) is 13.3. The van der Waals surface area contributed by atoms with E-state index in [1.165, 1.54) is 0 Å². The summed E-state index contributed by atoms with van der Waals surface area (Å²) < 4.78 is 5.27. The van der Waals surface area contributed by atoms with E-state index in [0.717, 1.165) is 18.7 Å². The summed E-state index contributed by atoms with van der Waals surface area (Å²) in [6.45, 7) is 5.51. The summed E-state index contributed by atoms with van der Waals surface area (Å²) in [5.41, 5.74) is 1.35. The largest absolute Gasteiger partial charge is 0.390 e. The molecule has 1 aliphatic heterocycles. The maximum atomic E-state index is 12.1. The van der Waals surface area contributed by atoms with Gasteiger partial charge in [-0.3, -0.25) is 9.69 Å². The van der Waals surface area contributed by atoms with Crippen LogP contribution in [0.15, 0.2) is 29.8 Å². The molecular weight excluding hydrogens is 316 g/mol. The Hall–Kier alpha value is -1.40. The van der Waals surface area contributed by atoms with Gasteiger partial charge in [-0.2, -0.15) is 0 Å². The minimum Gasteiger partial charge on any atom is -0.390 e. The Labute approximate surface area is 141 Å². The number of carbonyl (C=O) groups excluding carboxylic acids is 1. The van der Waals surface area contributed by atoms with Gasteiger partial charge in [0.05, 0.1) is 19.3 Å². The maximum Gasteiger partial charge on any atom is 0.247 e. The standard InChI is InChI=1S/C17H23ClN2O3/c1-13(10-14-4-2-3-5-16(14)18)17(22)19-11-15(21)12-20-6-8-23-9-7-20/h2-5,10,15,21H,6-9,11-12H2,1H3,(H,19,22)/b13-10-. The summed E-state index contributed by atoms with van der Waals surface area (Å²) in [6, 6.07) is 7.35. The number of amides is 1. The molecule has 126 valence electrons. The van der Waals surface area contributed by atoms with Gasteiger partial charge in [-0.15, -0.1) is 0 Å². The third-order valence-electron chi connectivity index (χ3n) is 3.71. The van der Waals surface area contributed by atoms with Gasteiger partial charge in [-0.1, -0.05) is 29.8 Å².